The molecule has 1 atom stereocenters. The molecule has 0 bridgehead atoms. The lowest BCUT2D eigenvalue weighted by Gasteiger charge is -2.11. The molecule has 0 spiro atoms. The molecule has 1 aliphatic heterocycles. The Kier molecular flexibility index (Phi) is 3.78. The molecule has 0 aliphatic carbocycles. The summed E-state index contributed by atoms with van der Waals surface area (Å²) < 4.78 is 18.8. The standard InChI is InChI=1S/C13H18FNO/c1-2-11-3-4-12(7-13(11)14)15-8-10-5-6-16-9-10/h3-4,7,10,15H,2,5-6,8-9H2,1H3. The van der Waals surface area contributed by atoms with E-state index in [-0.39, 0.29) is 5.82 Å². The molecule has 1 heterocycles. The maximum Gasteiger partial charge on any atom is 0.128 e. The van der Waals surface area contributed by atoms with Gasteiger partial charge in [-0.3, -0.25) is 0 Å². The first-order valence-corrected chi connectivity index (χ1v) is 5.89. The molecular formula is C13H18FNO. The molecule has 2 nitrogen and oxygen atoms in total. The summed E-state index contributed by atoms with van der Waals surface area (Å²) in [5.74, 6) is 0.448. The monoisotopic (exact) mass is 223 g/mol. The Hall–Kier alpha value is -1.09. The Morgan fingerprint density at radius 2 is 2.38 bits per heavy atom. The van der Waals surface area contributed by atoms with Crippen LogP contribution in [0.1, 0.15) is 18.9 Å². The zero-order valence-corrected chi connectivity index (χ0v) is 9.63. The fraction of sp³-hybridized carbons (Fsp3) is 0.538. The summed E-state index contributed by atoms with van der Waals surface area (Å²) in [5.41, 5.74) is 1.64. The summed E-state index contributed by atoms with van der Waals surface area (Å²) in [7, 11) is 0. The van der Waals surface area contributed by atoms with E-state index in [1.807, 2.05) is 19.1 Å². The van der Waals surface area contributed by atoms with Gasteiger partial charge in [0.15, 0.2) is 0 Å². The Morgan fingerprint density at radius 1 is 1.50 bits per heavy atom. The van der Waals surface area contributed by atoms with E-state index >= 15 is 0 Å². The van der Waals surface area contributed by atoms with Gasteiger partial charge in [0.2, 0.25) is 0 Å². The molecule has 1 unspecified atom stereocenters. The van der Waals surface area contributed by atoms with Crippen LogP contribution >= 0.6 is 0 Å². The van der Waals surface area contributed by atoms with Gasteiger partial charge in [0.1, 0.15) is 5.82 Å². The fourth-order valence-electron chi connectivity index (χ4n) is 1.95. The molecule has 1 fully saturated rings. The highest BCUT2D eigenvalue weighted by Gasteiger charge is 2.15. The molecule has 1 aliphatic rings. The molecule has 0 amide bonds. The zero-order valence-electron chi connectivity index (χ0n) is 9.63. The van der Waals surface area contributed by atoms with Crippen LogP contribution in [0.5, 0.6) is 0 Å². The molecule has 1 aromatic carbocycles. The predicted octanol–water partition coefficient (Wildman–Crippen LogP) is 2.84. The maximum absolute atomic E-state index is 13.5. The van der Waals surface area contributed by atoms with Crippen LogP contribution in [0.4, 0.5) is 10.1 Å². The number of aryl methyl sites for hydroxylation is 1. The SMILES string of the molecule is CCc1ccc(NCC2CCOC2)cc1F. The molecule has 88 valence electrons. The lowest BCUT2D eigenvalue weighted by atomic mass is 10.1. The van der Waals surface area contributed by atoms with Crippen molar-refractivity contribution < 1.29 is 9.13 Å². The van der Waals surface area contributed by atoms with Gasteiger partial charge in [0.25, 0.3) is 0 Å². The number of benzene rings is 1. The van der Waals surface area contributed by atoms with Gasteiger partial charge in [-0.15, -0.1) is 0 Å². The van der Waals surface area contributed by atoms with E-state index in [0.29, 0.717) is 5.92 Å². The molecule has 2 rings (SSSR count). The first kappa shape index (κ1) is 11.4. The van der Waals surface area contributed by atoms with Crippen molar-refractivity contribution in [2.45, 2.75) is 19.8 Å². The van der Waals surface area contributed by atoms with E-state index in [9.17, 15) is 4.39 Å². The summed E-state index contributed by atoms with van der Waals surface area (Å²) in [6.45, 7) is 4.50. The molecule has 3 heteroatoms. The minimum Gasteiger partial charge on any atom is -0.385 e. The highest BCUT2D eigenvalue weighted by molar-refractivity contribution is 5.45. The van der Waals surface area contributed by atoms with Crippen LogP contribution in [-0.4, -0.2) is 19.8 Å². The van der Waals surface area contributed by atoms with Crippen molar-refractivity contribution in [1.29, 1.82) is 0 Å². The van der Waals surface area contributed by atoms with Gasteiger partial charge in [-0.05, 0) is 30.5 Å². The van der Waals surface area contributed by atoms with E-state index in [1.54, 1.807) is 6.07 Å². The van der Waals surface area contributed by atoms with Crippen LogP contribution in [0, 0.1) is 11.7 Å². The smallest absolute Gasteiger partial charge is 0.128 e. The van der Waals surface area contributed by atoms with Crippen LogP contribution < -0.4 is 5.32 Å². The number of ether oxygens (including phenoxy) is 1. The van der Waals surface area contributed by atoms with Crippen molar-refractivity contribution in [2.24, 2.45) is 5.92 Å². The third-order valence-corrected chi connectivity index (χ3v) is 3.05. The van der Waals surface area contributed by atoms with Crippen LogP contribution in [-0.2, 0) is 11.2 Å². The van der Waals surface area contributed by atoms with Gasteiger partial charge in [-0.25, -0.2) is 4.39 Å². The van der Waals surface area contributed by atoms with Crippen molar-refractivity contribution in [3.63, 3.8) is 0 Å². The molecule has 0 aromatic heterocycles. The van der Waals surface area contributed by atoms with Gasteiger partial charge in [0, 0.05) is 24.8 Å². The topological polar surface area (TPSA) is 21.3 Å². The van der Waals surface area contributed by atoms with Crippen molar-refractivity contribution in [3.05, 3.63) is 29.6 Å². The summed E-state index contributed by atoms with van der Waals surface area (Å²) in [5, 5.41) is 3.26. The number of rotatable bonds is 4. The van der Waals surface area contributed by atoms with Gasteiger partial charge in [-0.1, -0.05) is 13.0 Å². The van der Waals surface area contributed by atoms with Crippen molar-refractivity contribution in [1.82, 2.24) is 0 Å². The normalized spacial score (nSPS) is 20.0. The van der Waals surface area contributed by atoms with Crippen LogP contribution in [0.25, 0.3) is 0 Å². The van der Waals surface area contributed by atoms with Crippen molar-refractivity contribution in [3.8, 4) is 0 Å². The van der Waals surface area contributed by atoms with E-state index in [1.165, 1.54) is 0 Å². The van der Waals surface area contributed by atoms with Crippen molar-refractivity contribution in [2.75, 3.05) is 25.1 Å². The summed E-state index contributed by atoms with van der Waals surface area (Å²) in [6.07, 6.45) is 1.84. The lowest BCUT2D eigenvalue weighted by Crippen LogP contribution is -2.14. The fourth-order valence-corrected chi connectivity index (χ4v) is 1.95. The molecule has 16 heavy (non-hydrogen) atoms. The van der Waals surface area contributed by atoms with Gasteiger partial charge in [-0.2, -0.15) is 0 Å². The van der Waals surface area contributed by atoms with E-state index < -0.39 is 0 Å². The molecular weight excluding hydrogens is 205 g/mol. The largest absolute Gasteiger partial charge is 0.385 e. The third-order valence-electron chi connectivity index (χ3n) is 3.05. The van der Waals surface area contributed by atoms with Crippen molar-refractivity contribution >= 4 is 5.69 Å². The average molecular weight is 223 g/mol. The highest BCUT2D eigenvalue weighted by atomic mass is 19.1. The van der Waals surface area contributed by atoms with Gasteiger partial charge >= 0.3 is 0 Å². The molecule has 1 saturated heterocycles. The number of hydrogen-bond donors (Lipinski definition) is 1. The molecule has 1 N–H and O–H groups in total. The summed E-state index contributed by atoms with van der Waals surface area (Å²) in [6, 6.07) is 5.37. The minimum atomic E-state index is -0.116. The third kappa shape index (κ3) is 2.73. The Bertz CT molecular complexity index is 348. The first-order valence-electron chi connectivity index (χ1n) is 5.89. The number of halogens is 1. The Morgan fingerprint density at radius 3 is 3.00 bits per heavy atom. The molecule has 0 radical (unpaired) electrons. The maximum atomic E-state index is 13.5. The van der Waals surface area contributed by atoms with Gasteiger partial charge < -0.3 is 10.1 Å². The second-order valence-corrected chi connectivity index (χ2v) is 4.27. The first-order chi connectivity index (χ1) is 7.79. The van der Waals surface area contributed by atoms with Crippen LogP contribution in [0.2, 0.25) is 0 Å². The highest BCUT2D eigenvalue weighted by Crippen LogP contribution is 2.17. The lowest BCUT2D eigenvalue weighted by molar-refractivity contribution is 0.187. The Labute approximate surface area is 95.8 Å². The minimum absolute atomic E-state index is 0.116. The summed E-state index contributed by atoms with van der Waals surface area (Å²) >= 11 is 0. The zero-order chi connectivity index (χ0) is 11.4. The van der Waals surface area contributed by atoms with E-state index in [0.717, 1.165) is 43.9 Å². The predicted molar refractivity (Wildman–Crippen MR) is 63.2 cm³/mol. The second kappa shape index (κ2) is 5.30. The number of nitrogens with one attached hydrogen (secondary N) is 1. The van der Waals surface area contributed by atoms with Crippen LogP contribution in [0.3, 0.4) is 0 Å². The quantitative estimate of drug-likeness (QED) is 0.847. The van der Waals surface area contributed by atoms with E-state index in [4.69, 9.17) is 4.74 Å². The molecule has 1 aromatic rings. The Balaban J connectivity index is 1.91. The van der Waals surface area contributed by atoms with Crippen LogP contribution in [0.15, 0.2) is 18.2 Å². The van der Waals surface area contributed by atoms with E-state index in [2.05, 4.69) is 5.32 Å². The number of hydrogen-bond acceptors (Lipinski definition) is 2. The number of anilines is 1. The van der Waals surface area contributed by atoms with Gasteiger partial charge in [0.05, 0.1) is 6.61 Å². The summed E-state index contributed by atoms with van der Waals surface area (Å²) in [4.78, 5) is 0. The molecule has 0 saturated carbocycles. The second-order valence-electron chi connectivity index (χ2n) is 4.27. The average Bonchev–Trinajstić information content (AvgIpc) is 2.79.